The Morgan fingerprint density at radius 1 is 1.18 bits per heavy atom. The summed E-state index contributed by atoms with van der Waals surface area (Å²) in [6.07, 6.45) is 2.08. The highest BCUT2D eigenvalue weighted by Crippen LogP contribution is 1.98. The molecule has 57 valence electrons. The Balaban J connectivity index is 0.000000292. The Hall–Kier alpha value is 0.946. The average molecular weight is 289 g/mol. The summed E-state index contributed by atoms with van der Waals surface area (Å²) in [7, 11) is 0. The second kappa shape index (κ2) is 9.04. The quantitative estimate of drug-likeness (QED) is 0.693. The Morgan fingerprint density at radius 2 is 1.64 bits per heavy atom. The maximum atomic E-state index is 3.20. The molecule has 0 saturated heterocycles. The summed E-state index contributed by atoms with van der Waals surface area (Å²) in [6.45, 7) is 2.04. The van der Waals surface area contributed by atoms with E-state index in [1.54, 1.807) is 0 Å². The third kappa shape index (κ3) is 7.31. The topological polar surface area (TPSA) is 0 Å². The lowest BCUT2D eigenvalue weighted by Crippen LogP contribution is -1.70. The molecule has 1 aromatic rings. The first-order chi connectivity index (χ1) is 5.35. The standard InChI is InChI=1S/C8H9.2BrH.Mg/c1-2-8-6-4-3-5-7-8;;;/h2-7H,1H3;2*1H;/q;;;+2/p-2. The maximum Gasteiger partial charge on any atom is 0.560 e. The van der Waals surface area contributed by atoms with E-state index in [1.807, 2.05) is 25.1 Å². The van der Waals surface area contributed by atoms with E-state index in [-0.39, 0.29) is 16.0 Å². The summed E-state index contributed by atoms with van der Waals surface area (Å²) in [5.41, 5.74) is 1.28. The van der Waals surface area contributed by atoms with Gasteiger partial charge in [-0.3, -0.25) is 25.8 Å². The summed E-state index contributed by atoms with van der Waals surface area (Å²) >= 11 is 6.44. The molecule has 0 aromatic heterocycles. The van der Waals surface area contributed by atoms with Crippen LogP contribution in [-0.2, 0) is 0 Å². The molecule has 0 heterocycles. The van der Waals surface area contributed by atoms with Crippen LogP contribution in [0.4, 0.5) is 0 Å². The second-order valence-corrected chi connectivity index (χ2v) is 9.88. The van der Waals surface area contributed by atoms with Gasteiger partial charge in [0.1, 0.15) is 0 Å². The Bertz CT molecular complexity index is 165. The monoisotopic (exact) mass is 287 g/mol. The zero-order valence-corrected chi connectivity index (χ0v) is 11.0. The molecule has 3 heteroatoms. The van der Waals surface area contributed by atoms with E-state index in [2.05, 4.69) is 44.3 Å². The van der Waals surface area contributed by atoms with Crippen LogP contribution in [-0.4, -0.2) is 16.0 Å². The molecular formula is C8H9Br2Mg. The van der Waals surface area contributed by atoms with Crippen LogP contribution in [0.25, 0.3) is 0 Å². The smallest absolute Gasteiger partial charge is 0.280 e. The van der Waals surface area contributed by atoms with Gasteiger partial charge in [0.15, 0.2) is 0 Å². The maximum absolute atomic E-state index is 3.20. The summed E-state index contributed by atoms with van der Waals surface area (Å²) in [6, 6.07) is 10.3. The van der Waals surface area contributed by atoms with Crippen LogP contribution < -0.4 is 0 Å². The third-order valence-corrected chi connectivity index (χ3v) is 1.13. The minimum absolute atomic E-state index is 0.0417. The van der Waals surface area contributed by atoms with Gasteiger partial charge in [0.05, 0.1) is 0 Å². The van der Waals surface area contributed by atoms with E-state index in [0.29, 0.717) is 0 Å². The van der Waals surface area contributed by atoms with Crippen molar-refractivity contribution in [3.8, 4) is 0 Å². The van der Waals surface area contributed by atoms with Crippen LogP contribution in [0, 0.1) is 6.42 Å². The third-order valence-electron chi connectivity index (χ3n) is 1.13. The van der Waals surface area contributed by atoms with E-state index < -0.39 is 0 Å². The largest absolute Gasteiger partial charge is 0.560 e. The molecule has 0 saturated carbocycles. The molecule has 11 heavy (non-hydrogen) atoms. The zero-order valence-electron chi connectivity index (χ0n) is 6.43. The van der Waals surface area contributed by atoms with Crippen molar-refractivity contribution in [1.29, 1.82) is 0 Å². The molecule has 0 aliphatic rings. The molecule has 0 amide bonds. The normalized spacial score (nSPS) is 7.55. The van der Waals surface area contributed by atoms with Crippen LogP contribution in [0.1, 0.15) is 12.5 Å². The lowest BCUT2D eigenvalue weighted by molar-refractivity contribution is 1.43. The van der Waals surface area contributed by atoms with Gasteiger partial charge in [0, 0.05) is 0 Å². The van der Waals surface area contributed by atoms with E-state index >= 15 is 0 Å². The van der Waals surface area contributed by atoms with Crippen LogP contribution in [0.3, 0.4) is 0 Å². The lowest BCUT2D eigenvalue weighted by Gasteiger charge is -1.89. The highest BCUT2D eigenvalue weighted by molar-refractivity contribution is 9.47. The molecule has 0 fully saturated rings. The summed E-state index contributed by atoms with van der Waals surface area (Å²) in [4.78, 5) is 0. The van der Waals surface area contributed by atoms with Crippen LogP contribution in [0.15, 0.2) is 30.3 Å². The van der Waals surface area contributed by atoms with E-state index in [1.165, 1.54) is 5.56 Å². The van der Waals surface area contributed by atoms with Gasteiger partial charge in [-0.25, -0.2) is 0 Å². The van der Waals surface area contributed by atoms with Crippen molar-refractivity contribution in [2.75, 3.05) is 0 Å². The predicted molar refractivity (Wildman–Crippen MR) is 59.1 cm³/mol. The van der Waals surface area contributed by atoms with Crippen molar-refractivity contribution < 1.29 is 0 Å². The molecule has 1 radical (unpaired) electrons. The number of rotatable bonds is 1. The van der Waals surface area contributed by atoms with Crippen molar-refractivity contribution in [2.24, 2.45) is 0 Å². The minimum Gasteiger partial charge on any atom is -0.280 e. The highest BCUT2D eigenvalue weighted by atomic mass is 79.9. The lowest BCUT2D eigenvalue weighted by atomic mass is 10.2. The van der Waals surface area contributed by atoms with Crippen LogP contribution >= 0.6 is 25.8 Å². The van der Waals surface area contributed by atoms with Crippen LogP contribution in [0.5, 0.6) is 0 Å². The molecule has 0 atom stereocenters. The molecule has 0 unspecified atom stereocenters. The number of hydrogen-bond donors (Lipinski definition) is 0. The first-order valence-electron chi connectivity index (χ1n) is 3.31. The molecule has 0 aliphatic carbocycles. The molecule has 1 aromatic carbocycles. The Kier molecular flexibility index (Phi) is 9.82. The molecule has 0 aliphatic heterocycles. The van der Waals surface area contributed by atoms with E-state index in [4.69, 9.17) is 0 Å². The van der Waals surface area contributed by atoms with Gasteiger partial charge in [-0.15, -0.1) is 0 Å². The molecule has 0 spiro atoms. The molecule has 0 bridgehead atoms. The SMILES string of the molecule is C[CH]c1ccccc1.[Br][Mg][Br]. The van der Waals surface area contributed by atoms with Crippen LogP contribution in [0.2, 0.25) is 0 Å². The molecular weight excluding hydrogens is 280 g/mol. The highest BCUT2D eigenvalue weighted by Gasteiger charge is 1.80. The molecule has 0 N–H and O–H groups in total. The fraction of sp³-hybridized carbons (Fsp3) is 0.125. The minimum atomic E-state index is 0.0417. The summed E-state index contributed by atoms with van der Waals surface area (Å²) in [5, 5.41) is 0. The van der Waals surface area contributed by atoms with Crippen molar-refractivity contribution in [3.63, 3.8) is 0 Å². The van der Waals surface area contributed by atoms with Crippen molar-refractivity contribution in [3.05, 3.63) is 42.3 Å². The Morgan fingerprint density at radius 3 is 1.91 bits per heavy atom. The fourth-order valence-corrected chi connectivity index (χ4v) is 0.645. The fourth-order valence-electron chi connectivity index (χ4n) is 0.645. The van der Waals surface area contributed by atoms with Gasteiger partial charge in [0.2, 0.25) is 0 Å². The van der Waals surface area contributed by atoms with E-state index in [0.717, 1.165) is 0 Å². The van der Waals surface area contributed by atoms with Gasteiger partial charge in [0.25, 0.3) is 0 Å². The first kappa shape index (κ1) is 11.9. The van der Waals surface area contributed by atoms with Gasteiger partial charge in [-0.2, -0.15) is 0 Å². The number of hydrogen-bond acceptors (Lipinski definition) is 0. The Labute approximate surface area is 90.2 Å². The molecule has 1 rings (SSSR count). The summed E-state index contributed by atoms with van der Waals surface area (Å²) < 4.78 is 0. The van der Waals surface area contributed by atoms with E-state index in [9.17, 15) is 0 Å². The van der Waals surface area contributed by atoms with Crippen molar-refractivity contribution in [1.82, 2.24) is 0 Å². The van der Waals surface area contributed by atoms with Gasteiger partial charge < -0.3 is 0 Å². The van der Waals surface area contributed by atoms with Gasteiger partial charge >= 0.3 is 16.0 Å². The van der Waals surface area contributed by atoms with Crippen molar-refractivity contribution >= 4 is 41.8 Å². The summed E-state index contributed by atoms with van der Waals surface area (Å²) in [5.74, 6) is 0. The van der Waals surface area contributed by atoms with Gasteiger partial charge in [-0.1, -0.05) is 37.3 Å². The predicted octanol–water partition coefficient (Wildman–Crippen LogP) is 3.57. The molecule has 0 nitrogen and oxygen atoms in total. The van der Waals surface area contributed by atoms with Gasteiger partial charge in [-0.05, 0) is 12.0 Å². The average Bonchev–Trinajstić information content (AvgIpc) is 2.08. The number of halogens is 2. The zero-order chi connectivity index (χ0) is 8.53. The first-order valence-corrected chi connectivity index (χ1v) is 11.1. The number of benzene rings is 1. The van der Waals surface area contributed by atoms with Crippen molar-refractivity contribution in [2.45, 2.75) is 6.92 Å². The second-order valence-electron chi connectivity index (χ2n) is 1.80.